The quantitative estimate of drug-likeness (QED) is 0.768. The third-order valence-electron chi connectivity index (χ3n) is 2.16. The lowest BCUT2D eigenvalue weighted by Crippen LogP contribution is -2.39. The van der Waals surface area contributed by atoms with Gasteiger partial charge in [0.1, 0.15) is 5.75 Å². The molecule has 0 saturated carbocycles. The average molecular weight is 208 g/mol. The number of rotatable bonds is 3. The Bertz CT molecular complexity index is 350. The molecule has 1 rings (SSSR count). The van der Waals surface area contributed by atoms with Crippen molar-refractivity contribution in [1.29, 1.82) is 0 Å². The average Bonchev–Trinajstić information content (AvgIpc) is 2.20. The van der Waals surface area contributed by atoms with E-state index in [0.29, 0.717) is 12.1 Å². The second-order valence-electron chi connectivity index (χ2n) is 3.61. The third kappa shape index (κ3) is 2.95. The van der Waals surface area contributed by atoms with Crippen LogP contribution in [0, 0.1) is 0 Å². The van der Waals surface area contributed by atoms with E-state index in [0.717, 1.165) is 0 Å². The fraction of sp³-hybridized carbons (Fsp3) is 0.364. The molecule has 0 aliphatic heterocycles. The molecule has 0 aromatic heterocycles. The van der Waals surface area contributed by atoms with E-state index in [1.807, 2.05) is 6.07 Å². The van der Waals surface area contributed by atoms with Gasteiger partial charge in [-0.05, 0) is 13.0 Å². The molecule has 0 saturated heterocycles. The molecule has 4 heteroatoms. The lowest BCUT2D eigenvalue weighted by molar-refractivity contribution is -0.131. The molecule has 0 unspecified atom stereocenters. The summed E-state index contributed by atoms with van der Waals surface area (Å²) in [7, 11) is 1.66. The van der Waals surface area contributed by atoms with Gasteiger partial charge in [0.2, 0.25) is 5.91 Å². The first kappa shape index (κ1) is 11.5. The molecule has 15 heavy (non-hydrogen) atoms. The Balaban J connectivity index is 2.71. The lowest BCUT2D eigenvalue weighted by atomic mass is 10.2. The van der Waals surface area contributed by atoms with Crippen molar-refractivity contribution in [3.05, 3.63) is 29.8 Å². The van der Waals surface area contributed by atoms with Crippen LogP contribution in [0.5, 0.6) is 5.75 Å². The first-order valence-electron chi connectivity index (χ1n) is 4.80. The fourth-order valence-corrected chi connectivity index (χ4v) is 1.33. The van der Waals surface area contributed by atoms with Gasteiger partial charge >= 0.3 is 0 Å². The molecular formula is C11H16N2O2. The van der Waals surface area contributed by atoms with Gasteiger partial charge in [0.15, 0.2) is 0 Å². The van der Waals surface area contributed by atoms with Crippen molar-refractivity contribution in [3.63, 3.8) is 0 Å². The van der Waals surface area contributed by atoms with E-state index in [1.165, 1.54) is 4.90 Å². The zero-order valence-electron chi connectivity index (χ0n) is 8.97. The van der Waals surface area contributed by atoms with E-state index in [4.69, 9.17) is 5.73 Å². The number of hydrogen-bond acceptors (Lipinski definition) is 3. The van der Waals surface area contributed by atoms with E-state index in [9.17, 15) is 9.90 Å². The van der Waals surface area contributed by atoms with Crippen LogP contribution in [0.15, 0.2) is 24.3 Å². The molecule has 1 aromatic carbocycles. The van der Waals surface area contributed by atoms with Crippen LogP contribution >= 0.6 is 0 Å². The molecule has 0 fully saturated rings. The van der Waals surface area contributed by atoms with E-state index >= 15 is 0 Å². The molecule has 1 atom stereocenters. The van der Waals surface area contributed by atoms with Gasteiger partial charge in [-0.25, -0.2) is 0 Å². The second kappa shape index (κ2) is 4.79. The maximum atomic E-state index is 11.5. The van der Waals surface area contributed by atoms with E-state index in [-0.39, 0.29) is 11.7 Å². The van der Waals surface area contributed by atoms with Crippen molar-refractivity contribution in [2.45, 2.75) is 19.5 Å². The first-order chi connectivity index (χ1) is 7.02. The maximum absolute atomic E-state index is 11.5. The highest BCUT2D eigenvalue weighted by atomic mass is 16.3. The van der Waals surface area contributed by atoms with Crippen molar-refractivity contribution < 1.29 is 9.90 Å². The standard InChI is InChI=1S/C11H16N2O2/c1-8(12)11(15)13(2)7-9-5-3-4-6-10(9)14/h3-6,8,14H,7,12H2,1-2H3/t8-/m1/s1. The summed E-state index contributed by atoms with van der Waals surface area (Å²) in [6, 6.07) is 6.42. The SMILES string of the molecule is C[C@@H](N)C(=O)N(C)Cc1ccccc1O. The van der Waals surface area contributed by atoms with Crippen molar-refractivity contribution >= 4 is 5.91 Å². The van der Waals surface area contributed by atoms with Gasteiger partial charge in [0.25, 0.3) is 0 Å². The number of amides is 1. The van der Waals surface area contributed by atoms with Crippen molar-refractivity contribution in [2.24, 2.45) is 5.73 Å². The molecule has 0 aliphatic rings. The molecule has 82 valence electrons. The van der Waals surface area contributed by atoms with Gasteiger partial charge in [0.05, 0.1) is 6.04 Å². The summed E-state index contributed by atoms with van der Waals surface area (Å²) in [5, 5.41) is 9.51. The van der Waals surface area contributed by atoms with E-state index in [2.05, 4.69) is 0 Å². The topological polar surface area (TPSA) is 66.6 Å². The van der Waals surface area contributed by atoms with Crippen LogP contribution in [-0.4, -0.2) is 29.0 Å². The summed E-state index contributed by atoms with van der Waals surface area (Å²) in [5.74, 6) is 0.0556. The molecule has 0 bridgehead atoms. The molecule has 3 N–H and O–H groups in total. The summed E-state index contributed by atoms with van der Waals surface area (Å²) >= 11 is 0. The Labute approximate surface area is 89.3 Å². The van der Waals surface area contributed by atoms with Gasteiger partial charge in [-0.15, -0.1) is 0 Å². The minimum atomic E-state index is -0.513. The van der Waals surface area contributed by atoms with Crippen molar-refractivity contribution in [1.82, 2.24) is 4.90 Å². The number of carbonyl (C=O) groups is 1. The number of phenols is 1. The summed E-state index contributed by atoms with van der Waals surface area (Å²) in [4.78, 5) is 13.0. The summed E-state index contributed by atoms with van der Waals surface area (Å²) in [5.41, 5.74) is 6.19. The highest BCUT2D eigenvalue weighted by molar-refractivity contribution is 5.80. The minimum Gasteiger partial charge on any atom is -0.508 e. The van der Waals surface area contributed by atoms with Crippen LogP contribution in [0.2, 0.25) is 0 Å². The molecule has 0 aliphatic carbocycles. The number of benzene rings is 1. The zero-order valence-corrected chi connectivity index (χ0v) is 8.97. The highest BCUT2D eigenvalue weighted by Crippen LogP contribution is 2.17. The third-order valence-corrected chi connectivity index (χ3v) is 2.16. The van der Waals surface area contributed by atoms with E-state index < -0.39 is 6.04 Å². The largest absolute Gasteiger partial charge is 0.508 e. The number of carbonyl (C=O) groups excluding carboxylic acids is 1. The number of nitrogens with two attached hydrogens (primary N) is 1. The highest BCUT2D eigenvalue weighted by Gasteiger charge is 2.14. The predicted molar refractivity (Wildman–Crippen MR) is 58.2 cm³/mol. The molecule has 1 amide bonds. The van der Waals surface area contributed by atoms with Gasteiger partial charge in [-0.2, -0.15) is 0 Å². The summed E-state index contributed by atoms with van der Waals surface area (Å²) in [6.45, 7) is 2.01. The molecule has 0 radical (unpaired) electrons. The Morgan fingerprint density at radius 2 is 2.13 bits per heavy atom. The Morgan fingerprint density at radius 3 is 2.67 bits per heavy atom. The molecule has 1 aromatic rings. The number of likely N-dealkylation sites (N-methyl/N-ethyl adjacent to an activating group) is 1. The second-order valence-corrected chi connectivity index (χ2v) is 3.61. The monoisotopic (exact) mass is 208 g/mol. The van der Waals surface area contributed by atoms with Crippen LogP contribution in [0.25, 0.3) is 0 Å². The van der Waals surface area contributed by atoms with Gasteiger partial charge in [-0.1, -0.05) is 18.2 Å². The molecule has 4 nitrogen and oxygen atoms in total. The summed E-state index contributed by atoms with van der Waals surface area (Å²) < 4.78 is 0. The molecule has 0 spiro atoms. The Kier molecular flexibility index (Phi) is 3.68. The van der Waals surface area contributed by atoms with E-state index in [1.54, 1.807) is 32.2 Å². The number of nitrogens with zero attached hydrogens (tertiary/aromatic N) is 1. The van der Waals surface area contributed by atoms with Crippen LogP contribution in [0.4, 0.5) is 0 Å². The maximum Gasteiger partial charge on any atom is 0.239 e. The predicted octanol–water partition coefficient (Wildman–Crippen LogP) is 0.698. The van der Waals surface area contributed by atoms with Crippen molar-refractivity contribution in [2.75, 3.05) is 7.05 Å². The van der Waals surface area contributed by atoms with Crippen LogP contribution in [0.1, 0.15) is 12.5 Å². The molecule has 0 heterocycles. The summed E-state index contributed by atoms with van der Waals surface area (Å²) in [6.07, 6.45) is 0. The van der Waals surface area contributed by atoms with Gasteiger partial charge in [-0.3, -0.25) is 4.79 Å². The number of hydrogen-bond donors (Lipinski definition) is 2. The van der Waals surface area contributed by atoms with Crippen LogP contribution < -0.4 is 5.73 Å². The zero-order chi connectivity index (χ0) is 11.4. The first-order valence-corrected chi connectivity index (χ1v) is 4.80. The Hall–Kier alpha value is -1.55. The Morgan fingerprint density at radius 1 is 1.53 bits per heavy atom. The van der Waals surface area contributed by atoms with Crippen molar-refractivity contribution in [3.8, 4) is 5.75 Å². The normalized spacial score (nSPS) is 12.2. The number of phenolic OH excluding ortho intramolecular Hbond substituents is 1. The van der Waals surface area contributed by atoms with Crippen LogP contribution in [-0.2, 0) is 11.3 Å². The van der Waals surface area contributed by atoms with Gasteiger partial charge < -0.3 is 15.7 Å². The van der Waals surface area contributed by atoms with Crippen LogP contribution in [0.3, 0.4) is 0 Å². The molecular weight excluding hydrogens is 192 g/mol. The number of aromatic hydroxyl groups is 1. The van der Waals surface area contributed by atoms with Gasteiger partial charge in [0, 0.05) is 19.2 Å². The number of para-hydroxylation sites is 1. The smallest absolute Gasteiger partial charge is 0.239 e. The fourth-order valence-electron chi connectivity index (χ4n) is 1.33. The lowest BCUT2D eigenvalue weighted by Gasteiger charge is -2.19. The minimum absolute atomic E-state index is 0.141.